The van der Waals surface area contributed by atoms with E-state index in [0.717, 1.165) is 56.8 Å². The Morgan fingerprint density at radius 1 is 1.42 bits per heavy atom. The fourth-order valence-electron chi connectivity index (χ4n) is 2.58. The van der Waals surface area contributed by atoms with Crippen molar-refractivity contribution in [1.82, 2.24) is 9.97 Å². The molecule has 1 aromatic heterocycles. The Kier molecular flexibility index (Phi) is 4.96. The number of nitrogen functional groups attached to an aromatic ring is 1. The van der Waals surface area contributed by atoms with Gasteiger partial charge in [-0.15, -0.1) is 0 Å². The first-order valence-electron chi connectivity index (χ1n) is 7.22. The zero-order valence-corrected chi connectivity index (χ0v) is 11.9. The molecule has 2 rings (SSSR count). The Morgan fingerprint density at radius 2 is 2.26 bits per heavy atom. The van der Waals surface area contributed by atoms with E-state index in [9.17, 15) is 0 Å². The first-order valence-corrected chi connectivity index (χ1v) is 7.22. The number of nitrogens with two attached hydrogens (primary N) is 1. The van der Waals surface area contributed by atoms with Gasteiger partial charge in [-0.05, 0) is 26.2 Å². The zero-order chi connectivity index (χ0) is 13.7. The van der Waals surface area contributed by atoms with E-state index >= 15 is 0 Å². The number of likely N-dealkylation sites (N-methyl/N-ethyl adjacent to an activating group) is 1. The molecule has 0 bridgehead atoms. The first-order chi connectivity index (χ1) is 9.26. The largest absolute Gasteiger partial charge is 0.383 e. The van der Waals surface area contributed by atoms with E-state index in [4.69, 9.17) is 10.5 Å². The number of ether oxygens (including phenoxy) is 1. The SMILES string of the molecule is CCCc1c(N)ncnc1N(CC)CC1CCCO1. The molecule has 1 saturated heterocycles. The quantitative estimate of drug-likeness (QED) is 0.851. The first kappa shape index (κ1) is 14.1. The predicted octanol–water partition coefficient (Wildman–Crippen LogP) is 2.02. The lowest BCUT2D eigenvalue weighted by Crippen LogP contribution is -2.33. The van der Waals surface area contributed by atoms with Crippen molar-refractivity contribution in [3.63, 3.8) is 0 Å². The smallest absolute Gasteiger partial charge is 0.137 e. The van der Waals surface area contributed by atoms with Gasteiger partial charge in [-0.25, -0.2) is 9.97 Å². The number of rotatable bonds is 6. The second-order valence-electron chi connectivity index (χ2n) is 4.98. The minimum absolute atomic E-state index is 0.325. The average molecular weight is 264 g/mol. The minimum Gasteiger partial charge on any atom is -0.383 e. The summed E-state index contributed by atoms with van der Waals surface area (Å²) >= 11 is 0. The van der Waals surface area contributed by atoms with E-state index < -0.39 is 0 Å². The van der Waals surface area contributed by atoms with Crippen LogP contribution < -0.4 is 10.6 Å². The molecule has 2 heterocycles. The molecule has 5 nitrogen and oxygen atoms in total. The molecule has 0 aromatic carbocycles. The summed E-state index contributed by atoms with van der Waals surface area (Å²) in [5, 5.41) is 0. The van der Waals surface area contributed by atoms with Crippen LogP contribution in [0.4, 0.5) is 11.6 Å². The molecule has 2 N–H and O–H groups in total. The van der Waals surface area contributed by atoms with Gasteiger partial charge in [0.2, 0.25) is 0 Å². The second-order valence-corrected chi connectivity index (χ2v) is 4.98. The highest BCUT2D eigenvalue weighted by atomic mass is 16.5. The van der Waals surface area contributed by atoms with E-state index in [0.29, 0.717) is 11.9 Å². The lowest BCUT2D eigenvalue weighted by Gasteiger charge is -2.27. The topological polar surface area (TPSA) is 64.3 Å². The van der Waals surface area contributed by atoms with Crippen LogP contribution in [0.1, 0.15) is 38.7 Å². The highest BCUT2D eigenvalue weighted by Crippen LogP contribution is 2.24. The lowest BCUT2D eigenvalue weighted by atomic mass is 10.1. The van der Waals surface area contributed by atoms with Gasteiger partial charge in [0.1, 0.15) is 18.0 Å². The van der Waals surface area contributed by atoms with Gasteiger partial charge < -0.3 is 15.4 Å². The molecule has 0 spiro atoms. The van der Waals surface area contributed by atoms with Crippen molar-refractivity contribution >= 4 is 11.6 Å². The number of hydrogen-bond acceptors (Lipinski definition) is 5. The summed E-state index contributed by atoms with van der Waals surface area (Å²) in [4.78, 5) is 10.8. The van der Waals surface area contributed by atoms with Gasteiger partial charge in [0.05, 0.1) is 6.10 Å². The van der Waals surface area contributed by atoms with Crippen LogP contribution in [0.3, 0.4) is 0 Å². The summed E-state index contributed by atoms with van der Waals surface area (Å²) in [5.74, 6) is 1.59. The van der Waals surface area contributed by atoms with E-state index in [1.807, 2.05) is 0 Å². The van der Waals surface area contributed by atoms with Gasteiger partial charge in [-0.1, -0.05) is 13.3 Å². The summed E-state index contributed by atoms with van der Waals surface area (Å²) in [6, 6.07) is 0. The Hall–Kier alpha value is -1.36. The van der Waals surface area contributed by atoms with Crippen molar-refractivity contribution in [1.29, 1.82) is 0 Å². The van der Waals surface area contributed by atoms with Gasteiger partial charge in [-0.2, -0.15) is 0 Å². The molecule has 1 atom stereocenters. The molecule has 19 heavy (non-hydrogen) atoms. The van der Waals surface area contributed by atoms with E-state index in [-0.39, 0.29) is 0 Å². The second kappa shape index (κ2) is 6.70. The highest BCUT2D eigenvalue weighted by molar-refractivity contribution is 5.56. The van der Waals surface area contributed by atoms with Crippen molar-refractivity contribution in [2.45, 2.75) is 45.6 Å². The van der Waals surface area contributed by atoms with Gasteiger partial charge in [0.15, 0.2) is 0 Å². The summed E-state index contributed by atoms with van der Waals surface area (Å²) in [5.41, 5.74) is 7.07. The fraction of sp³-hybridized carbons (Fsp3) is 0.714. The number of nitrogens with zero attached hydrogens (tertiary/aromatic N) is 3. The van der Waals surface area contributed by atoms with Crippen LogP contribution in [0.5, 0.6) is 0 Å². The molecule has 106 valence electrons. The molecule has 1 fully saturated rings. The monoisotopic (exact) mass is 264 g/mol. The molecule has 0 radical (unpaired) electrons. The Labute approximate surface area is 115 Å². The van der Waals surface area contributed by atoms with Crippen LogP contribution in [0, 0.1) is 0 Å². The predicted molar refractivity (Wildman–Crippen MR) is 77.3 cm³/mol. The summed E-state index contributed by atoms with van der Waals surface area (Å²) in [6.45, 7) is 6.97. The summed E-state index contributed by atoms with van der Waals surface area (Å²) in [6.07, 6.45) is 6.15. The molecule has 0 aliphatic carbocycles. The van der Waals surface area contributed by atoms with E-state index in [1.54, 1.807) is 6.33 Å². The molecule has 5 heteroatoms. The minimum atomic E-state index is 0.325. The van der Waals surface area contributed by atoms with Crippen molar-refractivity contribution in [3.05, 3.63) is 11.9 Å². The maximum absolute atomic E-state index is 6.00. The number of hydrogen-bond donors (Lipinski definition) is 1. The Bertz CT molecular complexity index is 404. The van der Waals surface area contributed by atoms with Crippen molar-refractivity contribution in [3.8, 4) is 0 Å². The molecule has 1 aliphatic heterocycles. The third-order valence-electron chi connectivity index (χ3n) is 3.59. The molecular weight excluding hydrogens is 240 g/mol. The maximum Gasteiger partial charge on any atom is 0.137 e. The van der Waals surface area contributed by atoms with Crippen LogP contribution >= 0.6 is 0 Å². The van der Waals surface area contributed by atoms with Gasteiger partial charge in [0, 0.05) is 25.3 Å². The van der Waals surface area contributed by atoms with Gasteiger partial charge >= 0.3 is 0 Å². The Morgan fingerprint density at radius 3 is 2.89 bits per heavy atom. The zero-order valence-electron chi connectivity index (χ0n) is 11.9. The van der Waals surface area contributed by atoms with Crippen LogP contribution in [-0.4, -0.2) is 35.8 Å². The van der Waals surface area contributed by atoms with Crippen LogP contribution in [0.25, 0.3) is 0 Å². The summed E-state index contributed by atoms with van der Waals surface area (Å²) in [7, 11) is 0. The van der Waals surface area contributed by atoms with Crippen molar-refractivity contribution in [2.75, 3.05) is 30.3 Å². The third-order valence-corrected chi connectivity index (χ3v) is 3.59. The normalized spacial score (nSPS) is 18.7. The average Bonchev–Trinajstić information content (AvgIpc) is 2.92. The van der Waals surface area contributed by atoms with Gasteiger partial charge in [0.25, 0.3) is 0 Å². The molecule has 0 amide bonds. The molecular formula is C14H24N4O. The van der Waals surface area contributed by atoms with Crippen LogP contribution in [0.15, 0.2) is 6.33 Å². The third kappa shape index (κ3) is 3.35. The number of aromatic nitrogens is 2. The fourth-order valence-corrected chi connectivity index (χ4v) is 2.58. The van der Waals surface area contributed by atoms with Gasteiger partial charge in [-0.3, -0.25) is 0 Å². The molecule has 1 aliphatic rings. The standard InChI is InChI=1S/C14H24N4O/c1-3-6-12-13(15)16-10-17-14(12)18(4-2)9-11-7-5-8-19-11/h10-11H,3-9H2,1-2H3,(H2,15,16,17). The van der Waals surface area contributed by atoms with Crippen LogP contribution in [0.2, 0.25) is 0 Å². The molecule has 1 aromatic rings. The van der Waals surface area contributed by atoms with Crippen molar-refractivity contribution < 1.29 is 4.74 Å². The molecule has 0 saturated carbocycles. The van der Waals surface area contributed by atoms with E-state index in [2.05, 4.69) is 28.7 Å². The van der Waals surface area contributed by atoms with Crippen LogP contribution in [-0.2, 0) is 11.2 Å². The highest BCUT2D eigenvalue weighted by Gasteiger charge is 2.21. The Balaban J connectivity index is 2.18. The van der Waals surface area contributed by atoms with E-state index in [1.165, 1.54) is 0 Å². The number of anilines is 2. The summed E-state index contributed by atoms with van der Waals surface area (Å²) < 4.78 is 5.72. The molecule has 1 unspecified atom stereocenters. The maximum atomic E-state index is 6.00. The van der Waals surface area contributed by atoms with Crippen molar-refractivity contribution in [2.24, 2.45) is 0 Å². The lowest BCUT2D eigenvalue weighted by molar-refractivity contribution is 0.115.